The number of hydrogen-bond donors (Lipinski definition) is 1. The average Bonchev–Trinajstić information content (AvgIpc) is 1.97. The zero-order chi connectivity index (χ0) is 9.30. The van der Waals surface area contributed by atoms with Crippen LogP contribution in [0, 0.1) is 3.57 Å². The average molecular weight is 296 g/mol. The monoisotopic (exact) mass is 295 g/mol. The van der Waals surface area contributed by atoms with Crippen LogP contribution < -0.4 is 5.73 Å². The number of benzene rings is 1. The Hall–Kier alpha value is -0.290. The summed E-state index contributed by atoms with van der Waals surface area (Å²) in [6.07, 6.45) is 0. The van der Waals surface area contributed by atoms with Gasteiger partial charge in [-0.2, -0.15) is 0 Å². The molecule has 2 N–H and O–H groups in total. The molecule has 0 aliphatic rings. The summed E-state index contributed by atoms with van der Waals surface area (Å²) in [7, 11) is 0. The fourth-order valence-corrected chi connectivity index (χ4v) is 1.95. The van der Waals surface area contributed by atoms with Crippen LogP contribution in [0.1, 0.15) is 17.3 Å². The quantitative estimate of drug-likeness (QED) is 0.492. The Labute approximate surface area is 89.2 Å². The SMILES string of the molecule is CC(=O)c1c(N)ccc(Cl)c1I. The van der Waals surface area contributed by atoms with Gasteiger partial charge in [-0.3, -0.25) is 4.79 Å². The van der Waals surface area contributed by atoms with Crippen molar-refractivity contribution < 1.29 is 4.79 Å². The molecule has 12 heavy (non-hydrogen) atoms. The van der Waals surface area contributed by atoms with E-state index < -0.39 is 0 Å². The zero-order valence-electron chi connectivity index (χ0n) is 6.40. The van der Waals surface area contributed by atoms with Crippen LogP contribution >= 0.6 is 34.2 Å². The van der Waals surface area contributed by atoms with Gasteiger partial charge < -0.3 is 5.73 Å². The minimum absolute atomic E-state index is 0.0561. The Morgan fingerprint density at radius 3 is 2.58 bits per heavy atom. The second-order valence-corrected chi connectivity index (χ2v) is 3.87. The Morgan fingerprint density at radius 1 is 1.58 bits per heavy atom. The van der Waals surface area contributed by atoms with Gasteiger partial charge in [0, 0.05) is 9.26 Å². The van der Waals surface area contributed by atoms with Gasteiger partial charge in [0.1, 0.15) is 0 Å². The third-order valence-corrected chi connectivity index (χ3v) is 3.23. The highest BCUT2D eigenvalue weighted by atomic mass is 127. The van der Waals surface area contributed by atoms with Crippen LogP contribution in [0.4, 0.5) is 5.69 Å². The number of nitrogen functional groups attached to an aromatic ring is 1. The molecule has 0 aromatic heterocycles. The van der Waals surface area contributed by atoms with Crippen LogP contribution in [0.15, 0.2) is 12.1 Å². The molecule has 0 amide bonds. The summed E-state index contributed by atoms with van der Waals surface area (Å²) in [4.78, 5) is 11.1. The second kappa shape index (κ2) is 3.62. The molecule has 0 atom stereocenters. The summed E-state index contributed by atoms with van der Waals surface area (Å²) >= 11 is 7.83. The maximum atomic E-state index is 11.1. The molecule has 0 saturated heterocycles. The lowest BCUT2D eigenvalue weighted by Gasteiger charge is -2.05. The highest BCUT2D eigenvalue weighted by Crippen LogP contribution is 2.26. The Bertz CT molecular complexity index is 338. The number of halogens is 2. The molecule has 1 rings (SSSR count). The number of nitrogens with two attached hydrogens (primary N) is 1. The molecule has 0 bridgehead atoms. The molecule has 0 heterocycles. The van der Waals surface area contributed by atoms with Crippen LogP contribution in [0.5, 0.6) is 0 Å². The maximum Gasteiger partial charge on any atom is 0.162 e. The maximum absolute atomic E-state index is 11.1. The molecule has 64 valence electrons. The third-order valence-electron chi connectivity index (χ3n) is 1.48. The Morgan fingerprint density at radius 2 is 2.17 bits per heavy atom. The van der Waals surface area contributed by atoms with Crippen LogP contribution in [0.25, 0.3) is 0 Å². The van der Waals surface area contributed by atoms with Gasteiger partial charge in [-0.1, -0.05) is 11.6 Å². The normalized spacial score (nSPS) is 9.92. The number of Topliss-reactive ketones (excluding diaryl/α,β-unsaturated/α-hetero) is 1. The fraction of sp³-hybridized carbons (Fsp3) is 0.125. The van der Waals surface area contributed by atoms with Crippen LogP contribution in [-0.4, -0.2) is 5.78 Å². The van der Waals surface area contributed by atoms with Gasteiger partial charge in [0.15, 0.2) is 5.78 Å². The van der Waals surface area contributed by atoms with E-state index in [2.05, 4.69) is 0 Å². The first-order valence-electron chi connectivity index (χ1n) is 3.28. The molecule has 0 spiro atoms. The lowest BCUT2D eigenvalue weighted by Crippen LogP contribution is -2.02. The minimum atomic E-state index is -0.0561. The number of carbonyl (C=O) groups excluding carboxylic acids is 1. The van der Waals surface area contributed by atoms with Gasteiger partial charge in [-0.15, -0.1) is 0 Å². The van der Waals surface area contributed by atoms with Crippen molar-refractivity contribution in [2.75, 3.05) is 5.73 Å². The minimum Gasteiger partial charge on any atom is -0.398 e. The van der Waals surface area contributed by atoms with Crippen molar-refractivity contribution in [1.82, 2.24) is 0 Å². The predicted molar refractivity (Wildman–Crippen MR) is 58.6 cm³/mol. The number of anilines is 1. The lowest BCUT2D eigenvalue weighted by atomic mass is 10.1. The van der Waals surface area contributed by atoms with E-state index in [1.165, 1.54) is 6.92 Å². The van der Waals surface area contributed by atoms with E-state index in [0.29, 0.717) is 16.3 Å². The van der Waals surface area contributed by atoms with Crippen molar-refractivity contribution in [3.05, 3.63) is 26.3 Å². The van der Waals surface area contributed by atoms with Gasteiger partial charge in [0.2, 0.25) is 0 Å². The molecule has 0 unspecified atom stereocenters. The number of carbonyl (C=O) groups is 1. The summed E-state index contributed by atoms with van der Waals surface area (Å²) in [5, 5.41) is 0.565. The fourth-order valence-electron chi connectivity index (χ4n) is 0.923. The first kappa shape index (κ1) is 9.80. The smallest absolute Gasteiger partial charge is 0.162 e. The van der Waals surface area contributed by atoms with Gasteiger partial charge in [0.25, 0.3) is 0 Å². The highest BCUT2D eigenvalue weighted by Gasteiger charge is 2.11. The van der Waals surface area contributed by atoms with E-state index in [1.807, 2.05) is 22.6 Å². The molecule has 0 saturated carbocycles. The van der Waals surface area contributed by atoms with Crippen molar-refractivity contribution in [2.24, 2.45) is 0 Å². The number of rotatable bonds is 1. The van der Waals surface area contributed by atoms with Crippen molar-refractivity contribution in [1.29, 1.82) is 0 Å². The Balaban J connectivity index is 3.43. The lowest BCUT2D eigenvalue weighted by molar-refractivity contribution is 0.101. The molecule has 1 aromatic carbocycles. The van der Waals surface area contributed by atoms with E-state index in [0.717, 1.165) is 3.57 Å². The van der Waals surface area contributed by atoms with E-state index in [9.17, 15) is 4.79 Å². The molecule has 0 aliphatic heterocycles. The van der Waals surface area contributed by atoms with Crippen molar-refractivity contribution in [3.8, 4) is 0 Å². The molecule has 0 aliphatic carbocycles. The first-order chi connectivity index (χ1) is 5.54. The largest absolute Gasteiger partial charge is 0.398 e. The molecule has 2 nitrogen and oxygen atoms in total. The van der Waals surface area contributed by atoms with E-state index >= 15 is 0 Å². The first-order valence-corrected chi connectivity index (χ1v) is 4.74. The zero-order valence-corrected chi connectivity index (χ0v) is 9.31. The molecular weight excluding hydrogens is 288 g/mol. The van der Waals surface area contributed by atoms with E-state index in [-0.39, 0.29) is 5.78 Å². The molecular formula is C8H7ClINO. The third kappa shape index (κ3) is 1.72. The second-order valence-electron chi connectivity index (χ2n) is 2.38. The summed E-state index contributed by atoms with van der Waals surface area (Å²) in [6.45, 7) is 1.48. The van der Waals surface area contributed by atoms with Crippen LogP contribution in [0.3, 0.4) is 0 Å². The van der Waals surface area contributed by atoms with Gasteiger partial charge in [0.05, 0.1) is 10.6 Å². The molecule has 1 aromatic rings. The topological polar surface area (TPSA) is 43.1 Å². The summed E-state index contributed by atoms with van der Waals surface area (Å²) in [5.41, 5.74) is 6.61. The summed E-state index contributed by atoms with van der Waals surface area (Å²) < 4.78 is 0.724. The van der Waals surface area contributed by atoms with Gasteiger partial charge in [-0.05, 0) is 41.6 Å². The van der Waals surface area contributed by atoms with Crippen molar-refractivity contribution >= 4 is 45.7 Å². The van der Waals surface area contributed by atoms with E-state index in [4.69, 9.17) is 17.3 Å². The molecule has 0 fully saturated rings. The Kier molecular flexibility index (Phi) is 2.95. The van der Waals surface area contributed by atoms with Gasteiger partial charge >= 0.3 is 0 Å². The number of hydrogen-bond acceptors (Lipinski definition) is 2. The van der Waals surface area contributed by atoms with Crippen molar-refractivity contribution in [3.63, 3.8) is 0 Å². The van der Waals surface area contributed by atoms with Crippen LogP contribution in [-0.2, 0) is 0 Å². The number of ketones is 1. The summed E-state index contributed by atoms with van der Waals surface area (Å²) in [6, 6.07) is 3.33. The van der Waals surface area contributed by atoms with E-state index in [1.54, 1.807) is 12.1 Å². The molecule has 4 heteroatoms. The predicted octanol–water partition coefficient (Wildman–Crippen LogP) is 2.73. The standard InChI is InChI=1S/C8H7ClINO/c1-4(12)7-6(11)3-2-5(9)8(7)10/h2-3H,11H2,1H3. The highest BCUT2D eigenvalue weighted by molar-refractivity contribution is 14.1. The molecule has 0 radical (unpaired) electrons. The van der Waals surface area contributed by atoms with Crippen LogP contribution in [0.2, 0.25) is 5.02 Å². The summed E-state index contributed by atoms with van der Waals surface area (Å²) in [5.74, 6) is -0.0561. The van der Waals surface area contributed by atoms with Crippen molar-refractivity contribution in [2.45, 2.75) is 6.92 Å². The van der Waals surface area contributed by atoms with Gasteiger partial charge in [-0.25, -0.2) is 0 Å².